The molecule has 0 saturated heterocycles. The highest BCUT2D eigenvalue weighted by Crippen LogP contribution is 2.29. The van der Waals surface area contributed by atoms with Crippen LogP contribution in [0.3, 0.4) is 0 Å². The fourth-order valence-corrected chi connectivity index (χ4v) is 3.71. The molecular formula is C24H24N2O4. The van der Waals surface area contributed by atoms with Gasteiger partial charge in [0.25, 0.3) is 5.91 Å². The molecule has 30 heavy (non-hydrogen) atoms. The zero-order chi connectivity index (χ0) is 21.1. The first-order valence-corrected chi connectivity index (χ1v) is 10.1. The summed E-state index contributed by atoms with van der Waals surface area (Å²) in [4.78, 5) is 29.0. The van der Waals surface area contributed by atoms with Crippen LogP contribution < -0.4 is 10.1 Å². The summed E-state index contributed by atoms with van der Waals surface area (Å²) >= 11 is 0. The lowest BCUT2D eigenvalue weighted by Crippen LogP contribution is -2.26. The van der Waals surface area contributed by atoms with E-state index < -0.39 is 0 Å². The summed E-state index contributed by atoms with van der Waals surface area (Å²) < 4.78 is 11.5. The van der Waals surface area contributed by atoms with E-state index in [1.807, 2.05) is 43.3 Å². The normalized spacial score (nSPS) is 14.1. The van der Waals surface area contributed by atoms with Crippen molar-refractivity contribution < 1.29 is 18.7 Å². The molecule has 2 aromatic heterocycles. The number of aryl methyl sites for hydroxylation is 1. The maximum absolute atomic E-state index is 12.8. The Balaban J connectivity index is 1.39. The van der Waals surface area contributed by atoms with Gasteiger partial charge in [-0.2, -0.15) is 0 Å². The van der Waals surface area contributed by atoms with Gasteiger partial charge in [0.1, 0.15) is 18.1 Å². The molecule has 0 radical (unpaired) electrons. The Morgan fingerprint density at radius 3 is 2.73 bits per heavy atom. The Kier molecular flexibility index (Phi) is 5.65. The number of nitrogens with zero attached hydrogens (tertiary/aromatic N) is 1. The minimum Gasteiger partial charge on any atom is -0.489 e. The van der Waals surface area contributed by atoms with E-state index in [2.05, 4.69) is 10.3 Å². The van der Waals surface area contributed by atoms with E-state index in [0.717, 1.165) is 23.3 Å². The van der Waals surface area contributed by atoms with Crippen molar-refractivity contribution in [3.63, 3.8) is 0 Å². The number of aromatic nitrogens is 1. The summed E-state index contributed by atoms with van der Waals surface area (Å²) in [6, 6.07) is 11.2. The monoisotopic (exact) mass is 404 g/mol. The number of amides is 1. The Hall–Kier alpha value is -3.41. The van der Waals surface area contributed by atoms with Gasteiger partial charge in [-0.15, -0.1) is 0 Å². The zero-order valence-electron chi connectivity index (χ0n) is 17.1. The first-order chi connectivity index (χ1) is 14.5. The predicted octanol–water partition coefficient (Wildman–Crippen LogP) is 4.57. The second-order valence-electron chi connectivity index (χ2n) is 7.55. The van der Waals surface area contributed by atoms with Gasteiger partial charge in [-0.1, -0.05) is 18.2 Å². The van der Waals surface area contributed by atoms with E-state index in [4.69, 9.17) is 9.15 Å². The number of furan rings is 1. The highest BCUT2D eigenvalue weighted by Gasteiger charge is 2.29. The molecule has 0 aliphatic heterocycles. The molecule has 0 fully saturated rings. The Morgan fingerprint density at radius 1 is 1.23 bits per heavy atom. The average molecular weight is 404 g/mol. The second-order valence-corrected chi connectivity index (χ2v) is 7.55. The molecule has 1 atom stereocenters. The van der Waals surface area contributed by atoms with E-state index in [1.54, 1.807) is 19.3 Å². The van der Waals surface area contributed by atoms with Gasteiger partial charge in [0.2, 0.25) is 0 Å². The number of nitrogens with one attached hydrogen (secondary N) is 1. The van der Waals surface area contributed by atoms with Gasteiger partial charge in [0.15, 0.2) is 11.5 Å². The number of benzene rings is 1. The topological polar surface area (TPSA) is 81.4 Å². The molecule has 0 saturated carbocycles. The number of carbonyl (C=O) groups excluding carboxylic acids is 2. The average Bonchev–Trinajstić information content (AvgIpc) is 3.11. The summed E-state index contributed by atoms with van der Waals surface area (Å²) in [5.41, 5.74) is 3.17. The summed E-state index contributed by atoms with van der Waals surface area (Å²) in [5.74, 6) is 1.37. The molecule has 0 unspecified atom stereocenters. The van der Waals surface area contributed by atoms with Crippen LogP contribution in [-0.4, -0.2) is 16.7 Å². The summed E-state index contributed by atoms with van der Waals surface area (Å²) in [6.07, 6.45) is 5.48. The number of rotatable bonds is 6. The molecule has 1 amide bonds. The van der Waals surface area contributed by atoms with Crippen LogP contribution in [0.1, 0.15) is 69.2 Å². The van der Waals surface area contributed by atoms with Crippen LogP contribution in [0.4, 0.5) is 0 Å². The van der Waals surface area contributed by atoms with Crippen LogP contribution in [0.2, 0.25) is 0 Å². The number of hydrogen-bond acceptors (Lipinski definition) is 5. The van der Waals surface area contributed by atoms with Crippen molar-refractivity contribution >= 4 is 11.7 Å². The van der Waals surface area contributed by atoms with E-state index >= 15 is 0 Å². The molecule has 154 valence electrons. The minimum absolute atomic E-state index is 0.0615. The molecule has 1 N–H and O–H groups in total. The molecule has 6 heteroatoms. The fourth-order valence-electron chi connectivity index (χ4n) is 3.71. The Labute approximate surface area is 175 Å². The lowest BCUT2D eigenvalue weighted by molar-refractivity contribution is 0.0906. The van der Waals surface area contributed by atoms with E-state index in [1.165, 1.54) is 0 Å². The number of fused-ring (bicyclic) bond motifs is 1. The Bertz CT molecular complexity index is 1050. The van der Waals surface area contributed by atoms with Crippen molar-refractivity contribution in [1.82, 2.24) is 10.3 Å². The smallest absolute Gasteiger partial charge is 0.287 e. The third-order valence-electron chi connectivity index (χ3n) is 5.37. The van der Waals surface area contributed by atoms with Crippen molar-refractivity contribution in [3.8, 4) is 5.75 Å². The molecule has 1 aromatic carbocycles. The van der Waals surface area contributed by atoms with Gasteiger partial charge < -0.3 is 14.5 Å². The quantitative estimate of drug-likeness (QED) is 0.651. The van der Waals surface area contributed by atoms with Crippen LogP contribution in [0, 0.1) is 6.92 Å². The first kappa shape index (κ1) is 19.9. The van der Waals surface area contributed by atoms with Crippen molar-refractivity contribution in [3.05, 3.63) is 82.6 Å². The van der Waals surface area contributed by atoms with Gasteiger partial charge in [-0.3, -0.25) is 14.6 Å². The van der Waals surface area contributed by atoms with Crippen LogP contribution in [0.25, 0.3) is 0 Å². The van der Waals surface area contributed by atoms with Crippen LogP contribution in [0.5, 0.6) is 5.75 Å². The molecule has 3 aromatic rings. The number of hydrogen-bond donors (Lipinski definition) is 1. The van der Waals surface area contributed by atoms with Crippen molar-refractivity contribution in [2.24, 2.45) is 0 Å². The standard InChI is InChI=1S/C24H24N2O4/c1-15-22-20(27)6-3-7-21(22)30-23(15)24(28)26-16(2)18-8-10-19(11-9-18)29-14-17-5-4-12-25-13-17/h4-5,8-13,16H,3,6-7,14H2,1-2H3,(H,26,28)/t16-/m1/s1. The molecule has 1 aliphatic rings. The van der Waals surface area contributed by atoms with Crippen molar-refractivity contribution in [2.45, 2.75) is 45.8 Å². The van der Waals surface area contributed by atoms with Crippen molar-refractivity contribution in [1.29, 1.82) is 0 Å². The van der Waals surface area contributed by atoms with Crippen LogP contribution in [-0.2, 0) is 13.0 Å². The lowest BCUT2D eigenvalue weighted by atomic mass is 9.94. The van der Waals surface area contributed by atoms with Gasteiger partial charge in [-0.05, 0) is 44.0 Å². The maximum atomic E-state index is 12.8. The molecule has 4 rings (SSSR count). The molecule has 2 heterocycles. The number of ketones is 1. The summed E-state index contributed by atoms with van der Waals surface area (Å²) in [6.45, 7) is 4.13. The van der Waals surface area contributed by atoms with E-state index in [0.29, 0.717) is 36.3 Å². The molecule has 1 aliphatic carbocycles. The van der Waals surface area contributed by atoms with Gasteiger partial charge >= 0.3 is 0 Å². The SMILES string of the molecule is Cc1c(C(=O)N[C@H](C)c2ccc(OCc3cccnc3)cc2)oc2c1C(=O)CCC2. The lowest BCUT2D eigenvalue weighted by Gasteiger charge is -2.14. The largest absolute Gasteiger partial charge is 0.489 e. The predicted molar refractivity (Wildman–Crippen MR) is 112 cm³/mol. The molecule has 0 bridgehead atoms. The summed E-state index contributed by atoms with van der Waals surface area (Å²) in [7, 11) is 0. The molecular weight excluding hydrogens is 380 g/mol. The highest BCUT2D eigenvalue weighted by molar-refractivity contribution is 6.03. The van der Waals surface area contributed by atoms with Crippen LogP contribution in [0.15, 0.2) is 53.2 Å². The van der Waals surface area contributed by atoms with Crippen molar-refractivity contribution in [2.75, 3.05) is 0 Å². The number of ether oxygens (including phenoxy) is 1. The first-order valence-electron chi connectivity index (χ1n) is 10.1. The fraction of sp³-hybridized carbons (Fsp3) is 0.292. The van der Waals surface area contributed by atoms with Crippen LogP contribution >= 0.6 is 0 Å². The van der Waals surface area contributed by atoms with Gasteiger partial charge in [0, 0.05) is 36.4 Å². The maximum Gasteiger partial charge on any atom is 0.287 e. The van der Waals surface area contributed by atoms with Gasteiger partial charge in [0.05, 0.1) is 11.6 Å². The highest BCUT2D eigenvalue weighted by atomic mass is 16.5. The second kappa shape index (κ2) is 8.53. The Morgan fingerprint density at radius 2 is 2.03 bits per heavy atom. The number of pyridine rings is 1. The third-order valence-corrected chi connectivity index (χ3v) is 5.37. The van der Waals surface area contributed by atoms with E-state index in [-0.39, 0.29) is 23.5 Å². The zero-order valence-corrected chi connectivity index (χ0v) is 17.1. The molecule has 6 nitrogen and oxygen atoms in total. The minimum atomic E-state index is -0.306. The van der Waals surface area contributed by atoms with E-state index in [9.17, 15) is 9.59 Å². The third kappa shape index (κ3) is 4.13. The van der Waals surface area contributed by atoms with Gasteiger partial charge in [-0.25, -0.2) is 0 Å². The molecule has 0 spiro atoms. The number of Topliss-reactive ketones (excluding diaryl/α,β-unsaturated/α-hetero) is 1. The number of carbonyl (C=O) groups is 2. The summed E-state index contributed by atoms with van der Waals surface area (Å²) in [5, 5.41) is 2.96.